The standard InChI is InChI=1S/C12H24N2O3/c1-3-6-13-11-5-4-7-14(12(11)16)8-10(15)9-17-2/h10-11,13,15H,3-9H2,1-2H3. The van der Waals surface area contributed by atoms with Gasteiger partial charge in [-0.2, -0.15) is 0 Å². The molecule has 1 aliphatic heterocycles. The van der Waals surface area contributed by atoms with E-state index in [0.29, 0.717) is 6.54 Å². The quantitative estimate of drug-likeness (QED) is 0.661. The minimum absolute atomic E-state index is 0.0709. The Bertz CT molecular complexity index is 236. The molecule has 0 bridgehead atoms. The summed E-state index contributed by atoms with van der Waals surface area (Å²) < 4.78 is 4.87. The zero-order valence-electron chi connectivity index (χ0n) is 10.8. The molecule has 2 unspecified atom stereocenters. The molecule has 2 atom stereocenters. The number of hydrogen-bond donors (Lipinski definition) is 2. The van der Waals surface area contributed by atoms with E-state index in [1.165, 1.54) is 0 Å². The van der Waals surface area contributed by atoms with Crippen molar-refractivity contribution in [1.82, 2.24) is 10.2 Å². The zero-order valence-corrected chi connectivity index (χ0v) is 10.8. The Labute approximate surface area is 103 Å². The summed E-state index contributed by atoms with van der Waals surface area (Å²) in [7, 11) is 1.55. The number of likely N-dealkylation sites (tertiary alicyclic amines) is 1. The number of nitrogens with one attached hydrogen (secondary N) is 1. The number of piperidine rings is 1. The predicted molar refractivity (Wildman–Crippen MR) is 65.8 cm³/mol. The summed E-state index contributed by atoms with van der Waals surface area (Å²) >= 11 is 0. The monoisotopic (exact) mass is 244 g/mol. The van der Waals surface area contributed by atoms with Crippen LogP contribution in [0.5, 0.6) is 0 Å². The first-order chi connectivity index (χ1) is 8.19. The number of aliphatic hydroxyl groups is 1. The molecule has 0 saturated carbocycles. The minimum atomic E-state index is -0.589. The van der Waals surface area contributed by atoms with Crippen molar-refractivity contribution in [1.29, 1.82) is 0 Å². The summed E-state index contributed by atoms with van der Waals surface area (Å²) in [5.74, 6) is 0.111. The van der Waals surface area contributed by atoms with Gasteiger partial charge in [0, 0.05) is 20.2 Å². The third-order valence-corrected chi connectivity index (χ3v) is 2.96. The number of carbonyl (C=O) groups is 1. The number of amides is 1. The Morgan fingerprint density at radius 3 is 3.06 bits per heavy atom. The molecule has 0 aromatic heterocycles. The summed E-state index contributed by atoms with van der Waals surface area (Å²) in [6, 6.07) is -0.0709. The van der Waals surface area contributed by atoms with E-state index in [9.17, 15) is 9.90 Å². The third kappa shape index (κ3) is 4.61. The van der Waals surface area contributed by atoms with Gasteiger partial charge in [-0.25, -0.2) is 0 Å². The van der Waals surface area contributed by atoms with Gasteiger partial charge in [-0.1, -0.05) is 6.92 Å². The maximum absolute atomic E-state index is 12.1. The molecule has 5 nitrogen and oxygen atoms in total. The van der Waals surface area contributed by atoms with E-state index >= 15 is 0 Å². The molecule has 17 heavy (non-hydrogen) atoms. The second-order valence-electron chi connectivity index (χ2n) is 4.54. The molecular weight excluding hydrogens is 220 g/mol. The molecule has 1 rings (SSSR count). The number of hydrogen-bond acceptors (Lipinski definition) is 4. The molecule has 1 saturated heterocycles. The summed E-state index contributed by atoms with van der Waals surface area (Å²) in [6.45, 7) is 4.34. The SMILES string of the molecule is CCCNC1CCCN(CC(O)COC)C1=O. The lowest BCUT2D eigenvalue weighted by Crippen LogP contribution is -2.53. The molecule has 0 spiro atoms. The van der Waals surface area contributed by atoms with Gasteiger partial charge in [0.25, 0.3) is 0 Å². The number of carbonyl (C=O) groups excluding carboxylic acids is 1. The lowest BCUT2D eigenvalue weighted by Gasteiger charge is -2.33. The Balaban J connectivity index is 2.41. The summed E-state index contributed by atoms with van der Waals surface area (Å²) in [5, 5.41) is 12.9. The van der Waals surface area contributed by atoms with E-state index in [1.54, 1.807) is 12.0 Å². The molecule has 1 amide bonds. The Kier molecular flexibility index (Phi) is 6.47. The molecule has 0 aromatic carbocycles. The first kappa shape index (κ1) is 14.4. The maximum Gasteiger partial charge on any atom is 0.239 e. The molecule has 5 heteroatoms. The number of aliphatic hydroxyl groups excluding tert-OH is 1. The lowest BCUT2D eigenvalue weighted by molar-refractivity contribution is -0.138. The van der Waals surface area contributed by atoms with Crippen molar-refractivity contribution in [3.63, 3.8) is 0 Å². The third-order valence-electron chi connectivity index (χ3n) is 2.96. The van der Waals surface area contributed by atoms with Crippen LogP contribution in [-0.4, -0.2) is 61.4 Å². The molecule has 1 fully saturated rings. The lowest BCUT2D eigenvalue weighted by atomic mass is 10.0. The molecule has 2 N–H and O–H groups in total. The fourth-order valence-corrected chi connectivity index (χ4v) is 2.13. The van der Waals surface area contributed by atoms with Crippen LogP contribution < -0.4 is 5.32 Å². The molecule has 0 aliphatic carbocycles. The predicted octanol–water partition coefficient (Wildman–Crippen LogP) is -0.0157. The molecule has 1 aliphatic rings. The van der Waals surface area contributed by atoms with E-state index in [2.05, 4.69) is 12.2 Å². The van der Waals surface area contributed by atoms with Crippen LogP contribution in [0.4, 0.5) is 0 Å². The summed E-state index contributed by atoms with van der Waals surface area (Å²) in [5.41, 5.74) is 0. The van der Waals surface area contributed by atoms with Gasteiger partial charge >= 0.3 is 0 Å². The Morgan fingerprint density at radius 2 is 2.41 bits per heavy atom. The van der Waals surface area contributed by atoms with Crippen LogP contribution >= 0.6 is 0 Å². The van der Waals surface area contributed by atoms with Crippen LogP contribution in [0.3, 0.4) is 0 Å². The van der Waals surface area contributed by atoms with Gasteiger partial charge in [0.15, 0.2) is 0 Å². The van der Waals surface area contributed by atoms with Gasteiger partial charge in [-0.15, -0.1) is 0 Å². The van der Waals surface area contributed by atoms with Crippen LogP contribution in [0.1, 0.15) is 26.2 Å². The van der Waals surface area contributed by atoms with Crippen molar-refractivity contribution in [3.05, 3.63) is 0 Å². The highest BCUT2D eigenvalue weighted by molar-refractivity contribution is 5.82. The highest BCUT2D eigenvalue weighted by Gasteiger charge is 2.29. The largest absolute Gasteiger partial charge is 0.389 e. The summed E-state index contributed by atoms with van der Waals surface area (Å²) in [6.07, 6.45) is 2.33. The average molecular weight is 244 g/mol. The smallest absolute Gasteiger partial charge is 0.239 e. The molecule has 1 heterocycles. The van der Waals surface area contributed by atoms with Crippen molar-refractivity contribution in [2.24, 2.45) is 0 Å². The van der Waals surface area contributed by atoms with Crippen LogP contribution in [0.15, 0.2) is 0 Å². The molecule has 0 aromatic rings. The minimum Gasteiger partial charge on any atom is -0.389 e. The second-order valence-corrected chi connectivity index (χ2v) is 4.54. The van der Waals surface area contributed by atoms with Gasteiger partial charge in [-0.3, -0.25) is 4.79 Å². The fraction of sp³-hybridized carbons (Fsp3) is 0.917. The van der Waals surface area contributed by atoms with Crippen LogP contribution in [0.2, 0.25) is 0 Å². The Hall–Kier alpha value is -0.650. The Morgan fingerprint density at radius 1 is 1.65 bits per heavy atom. The van der Waals surface area contributed by atoms with Gasteiger partial charge in [0.05, 0.1) is 18.8 Å². The molecular formula is C12H24N2O3. The number of β-amino-alcohol motifs (C(OH)–C–C–N with tert-alkyl or cyclic N) is 1. The molecule has 0 radical (unpaired) electrons. The van der Waals surface area contributed by atoms with Crippen molar-refractivity contribution in [2.45, 2.75) is 38.3 Å². The number of methoxy groups -OCH3 is 1. The van der Waals surface area contributed by atoms with E-state index in [-0.39, 0.29) is 18.6 Å². The van der Waals surface area contributed by atoms with E-state index in [1.807, 2.05) is 0 Å². The highest BCUT2D eigenvalue weighted by Crippen LogP contribution is 2.12. The van der Waals surface area contributed by atoms with Crippen LogP contribution in [0.25, 0.3) is 0 Å². The average Bonchev–Trinajstić information content (AvgIpc) is 2.30. The summed E-state index contributed by atoms with van der Waals surface area (Å²) in [4.78, 5) is 13.8. The van der Waals surface area contributed by atoms with Crippen molar-refractivity contribution in [2.75, 3.05) is 33.4 Å². The van der Waals surface area contributed by atoms with Crippen molar-refractivity contribution < 1.29 is 14.6 Å². The van der Waals surface area contributed by atoms with E-state index in [4.69, 9.17) is 4.74 Å². The topological polar surface area (TPSA) is 61.8 Å². The van der Waals surface area contributed by atoms with Crippen molar-refractivity contribution >= 4 is 5.91 Å². The first-order valence-corrected chi connectivity index (χ1v) is 6.38. The van der Waals surface area contributed by atoms with E-state index in [0.717, 1.165) is 32.4 Å². The van der Waals surface area contributed by atoms with Crippen molar-refractivity contribution in [3.8, 4) is 0 Å². The van der Waals surface area contributed by atoms with E-state index < -0.39 is 6.10 Å². The van der Waals surface area contributed by atoms with Gasteiger partial charge in [-0.05, 0) is 25.8 Å². The second kappa shape index (κ2) is 7.63. The van der Waals surface area contributed by atoms with Gasteiger partial charge < -0.3 is 20.1 Å². The van der Waals surface area contributed by atoms with Crippen LogP contribution in [0, 0.1) is 0 Å². The number of rotatable bonds is 7. The highest BCUT2D eigenvalue weighted by atomic mass is 16.5. The first-order valence-electron chi connectivity index (χ1n) is 6.38. The normalized spacial score (nSPS) is 22.9. The molecule has 100 valence electrons. The van der Waals surface area contributed by atoms with Gasteiger partial charge in [0.2, 0.25) is 5.91 Å². The maximum atomic E-state index is 12.1. The zero-order chi connectivity index (χ0) is 12.7. The van der Waals surface area contributed by atoms with Crippen LogP contribution in [-0.2, 0) is 9.53 Å². The fourth-order valence-electron chi connectivity index (χ4n) is 2.13. The number of ether oxygens (including phenoxy) is 1. The number of nitrogens with zero attached hydrogens (tertiary/aromatic N) is 1. The van der Waals surface area contributed by atoms with Gasteiger partial charge in [0.1, 0.15) is 0 Å².